The summed E-state index contributed by atoms with van der Waals surface area (Å²) in [5.41, 5.74) is 2.48. The minimum Gasteiger partial charge on any atom is -0.388 e. The SMILES string of the molecule is CNc1ccc(Cl)c(C2CCC2)c1. The van der Waals surface area contributed by atoms with Gasteiger partial charge in [0.2, 0.25) is 0 Å². The quantitative estimate of drug-likeness (QED) is 0.760. The molecule has 0 unspecified atom stereocenters. The number of anilines is 1. The van der Waals surface area contributed by atoms with Crippen molar-refractivity contribution in [3.8, 4) is 0 Å². The van der Waals surface area contributed by atoms with Crippen LogP contribution in [0.3, 0.4) is 0 Å². The second-order valence-corrected chi connectivity index (χ2v) is 4.02. The lowest BCUT2D eigenvalue weighted by Crippen LogP contribution is -2.09. The lowest BCUT2D eigenvalue weighted by molar-refractivity contribution is 0.420. The Morgan fingerprint density at radius 1 is 1.38 bits per heavy atom. The Hall–Kier alpha value is -0.690. The molecule has 1 aliphatic rings. The Morgan fingerprint density at radius 2 is 2.15 bits per heavy atom. The highest BCUT2D eigenvalue weighted by molar-refractivity contribution is 6.31. The van der Waals surface area contributed by atoms with E-state index in [1.165, 1.54) is 24.8 Å². The average molecular weight is 196 g/mol. The zero-order valence-electron chi connectivity index (χ0n) is 7.81. The molecule has 1 nitrogen and oxygen atoms in total. The van der Waals surface area contributed by atoms with Crippen LogP contribution < -0.4 is 5.32 Å². The molecule has 1 aliphatic carbocycles. The second-order valence-electron chi connectivity index (χ2n) is 3.61. The molecule has 1 aromatic carbocycles. The fourth-order valence-corrected chi connectivity index (χ4v) is 2.00. The van der Waals surface area contributed by atoms with Crippen LogP contribution in [-0.2, 0) is 0 Å². The van der Waals surface area contributed by atoms with Gasteiger partial charge in [-0.15, -0.1) is 0 Å². The summed E-state index contributed by atoms with van der Waals surface area (Å²) >= 11 is 6.13. The topological polar surface area (TPSA) is 12.0 Å². The summed E-state index contributed by atoms with van der Waals surface area (Å²) in [7, 11) is 1.94. The molecule has 2 rings (SSSR count). The Morgan fingerprint density at radius 3 is 2.69 bits per heavy atom. The van der Waals surface area contributed by atoms with Gasteiger partial charge in [-0.05, 0) is 42.5 Å². The van der Waals surface area contributed by atoms with Crippen LogP contribution in [0.1, 0.15) is 30.7 Å². The van der Waals surface area contributed by atoms with Crippen molar-refractivity contribution in [1.82, 2.24) is 0 Å². The summed E-state index contributed by atoms with van der Waals surface area (Å²) in [5, 5.41) is 4.06. The summed E-state index contributed by atoms with van der Waals surface area (Å²) in [6, 6.07) is 6.18. The van der Waals surface area contributed by atoms with E-state index in [-0.39, 0.29) is 0 Å². The van der Waals surface area contributed by atoms with Crippen molar-refractivity contribution in [1.29, 1.82) is 0 Å². The monoisotopic (exact) mass is 195 g/mol. The fourth-order valence-electron chi connectivity index (χ4n) is 1.73. The predicted octanol–water partition coefficient (Wildman–Crippen LogP) is 3.65. The van der Waals surface area contributed by atoms with Crippen LogP contribution in [0.4, 0.5) is 5.69 Å². The lowest BCUT2D eigenvalue weighted by Gasteiger charge is -2.27. The zero-order chi connectivity index (χ0) is 9.26. The van der Waals surface area contributed by atoms with Gasteiger partial charge < -0.3 is 5.32 Å². The molecule has 1 fully saturated rings. The van der Waals surface area contributed by atoms with E-state index < -0.39 is 0 Å². The summed E-state index contributed by atoms with van der Waals surface area (Å²) < 4.78 is 0. The molecule has 0 aromatic heterocycles. The van der Waals surface area contributed by atoms with Crippen molar-refractivity contribution in [3.63, 3.8) is 0 Å². The van der Waals surface area contributed by atoms with Gasteiger partial charge in [-0.1, -0.05) is 18.0 Å². The predicted molar refractivity (Wildman–Crippen MR) is 57.6 cm³/mol. The van der Waals surface area contributed by atoms with E-state index >= 15 is 0 Å². The molecular weight excluding hydrogens is 182 g/mol. The van der Waals surface area contributed by atoms with Crippen molar-refractivity contribution in [2.45, 2.75) is 25.2 Å². The Balaban J connectivity index is 2.30. The molecule has 0 heterocycles. The van der Waals surface area contributed by atoms with Gasteiger partial charge in [-0.25, -0.2) is 0 Å². The molecule has 0 amide bonds. The fraction of sp³-hybridized carbons (Fsp3) is 0.455. The number of hydrogen-bond acceptors (Lipinski definition) is 1. The first kappa shape index (κ1) is 8.89. The van der Waals surface area contributed by atoms with Crippen LogP contribution >= 0.6 is 11.6 Å². The molecule has 0 bridgehead atoms. The van der Waals surface area contributed by atoms with Gasteiger partial charge in [0, 0.05) is 17.8 Å². The molecule has 1 aromatic rings. The Kier molecular flexibility index (Phi) is 2.45. The maximum atomic E-state index is 6.13. The molecule has 70 valence electrons. The third kappa shape index (κ3) is 1.66. The number of halogens is 1. The molecule has 2 heteroatoms. The van der Waals surface area contributed by atoms with Crippen molar-refractivity contribution in [3.05, 3.63) is 28.8 Å². The highest BCUT2D eigenvalue weighted by Crippen LogP contribution is 2.40. The molecule has 0 aliphatic heterocycles. The maximum Gasteiger partial charge on any atom is 0.0442 e. The normalized spacial score (nSPS) is 16.8. The standard InChI is InChI=1S/C11H14ClN/c1-13-9-5-6-11(12)10(7-9)8-3-2-4-8/h5-8,13H,2-4H2,1H3. The molecule has 13 heavy (non-hydrogen) atoms. The molecule has 0 radical (unpaired) electrons. The first-order valence-corrected chi connectivity index (χ1v) is 5.16. The van der Waals surface area contributed by atoms with Crippen molar-refractivity contribution < 1.29 is 0 Å². The highest BCUT2D eigenvalue weighted by atomic mass is 35.5. The number of nitrogens with one attached hydrogen (secondary N) is 1. The largest absolute Gasteiger partial charge is 0.388 e. The second kappa shape index (κ2) is 3.59. The van der Waals surface area contributed by atoms with Gasteiger partial charge in [-0.3, -0.25) is 0 Å². The summed E-state index contributed by atoms with van der Waals surface area (Å²) in [4.78, 5) is 0. The Bertz CT molecular complexity index is 305. The van der Waals surface area contributed by atoms with Gasteiger partial charge in [0.25, 0.3) is 0 Å². The van der Waals surface area contributed by atoms with Gasteiger partial charge in [0.1, 0.15) is 0 Å². The van der Waals surface area contributed by atoms with E-state index in [0.717, 1.165) is 10.7 Å². The molecule has 0 saturated heterocycles. The van der Waals surface area contributed by atoms with E-state index in [4.69, 9.17) is 11.6 Å². The molecular formula is C11H14ClN. The van der Waals surface area contributed by atoms with E-state index in [1.807, 2.05) is 19.2 Å². The lowest BCUT2D eigenvalue weighted by atomic mass is 9.80. The Labute approximate surface area is 84.1 Å². The van der Waals surface area contributed by atoms with Crippen LogP contribution in [0.25, 0.3) is 0 Å². The summed E-state index contributed by atoms with van der Waals surface area (Å²) in [5.74, 6) is 0.709. The van der Waals surface area contributed by atoms with Crippen LogP contribution in [0, 0.1) is 0 Å². The van der Waals surface area contributed by atoms with Gasteiger partial charge in [0.05, 0.1) is 0 Å². The molecule has 0 spiro atoms. The smallest absolute Gasteiger partial charge is 0.0442 e. The van der Waals surface area contributed by atoms with E-state index in [1.54, 1.807) is 0 Å². The van der Waals surface area contributed by atoms with Crippen LogP contribution in [0.5, 0.6) is 0 Å². The zero-order valence-corrected chi connectivity index (χ0v) is 8.56. The van der Waals surface area contributed by atoms with Crippen LogP contribution in [-0.4, -0.2) is 7.05 Å². The molecule has 0 atom stereocenters. The minimum atomic E-state index is 0.709. The van der Waals surface area contributed by atoms with Crippen molar-refractivity contribution in [2.75, 3.05) is 12.4 Å². The number of rotatable bonds is 2. The van der Waals surface area contributed by atoms with Crippen LogP contribution in [0.2, 0.25) is 5.02 Å². The first-order chi connectivity index (χ1) is 6.31. The third-order valence-electron chi connectivity index (χ3n) is 2.83. The van der Waals surface area contributed by atoms with E-state index in [0.29, 0.717) is 5.92 Å². The van der Waals surface area contributed by atoms with Crippen molar-refractivity contribution in [2.24, 2.45) is 0 Å². The third-order valence-corrected chi connectivity index (χ3v) is 3.17. The first-order valence-electron chi connectivity index (χ1n) is 4.78. The maximum absolute atomic E-state index is 6.13. The van der Waals surface area contributed by atoms with E-state index in [2.05, 4.69) is 11.4 Å². The van der Waals surface area contributed by atoms with Gasteiger partial charge in [0.15, 0.2) is 0 Å². The number of benzene rings is 1. The average Bonchev–Trinajstić information content (AvgIpc) is 2.06. The molecule has 1 saturated carbocycles. The van der Waals surface area contributed by atoms with Crippen molar-refractivity contribution >= 4 is 17.3 Å². The minimum absolute atomic E-state index is 0.709. The van der Waals surface area contributed by atoms with Gasteiger partial charge >= 0.3 is 0 Å². The van der Waals surface area contributed by atoms with E-state index in [9.17, 15) is 0 Å². The molecule has 1 N–H and O–H groups in total. The van der Waals surface area contributed by atoms with Crippen LogP contribution in [0.15, 0.2) is 18.2 Å². The summed E-state index contributed by atoms with van der Waals surface area (Å²) in [6.07, 6.45) is 3.95. The number of hydrogen-bond donors (Lipinski definition) is 1. The van der Waals surface area contributed by atoms with Gasteiger partial charge in [-0.2, -0.15) is 0 Å². The highest BCUT2D eigenvalue weighted by Gasteiger charge is 2.21. The summed E-state index contributed by atoms with van der Waals surface area (Å²) in [6.45, 7) is 0.